The topological polar surface area (TPSA) is 75.7 Å². The Hall–Kier alpha value is -2.38. The minimum atomic E-state index is -3.57. The molecule has 0 saturated carbocycles. The summed E-state index contributed by atoms with van der Waals surface area (Å²) in [4.78, 5) is 11.6. The van der Waals surface area contributed by atoms with Gasteiger partial charge in [0.1, 0.15) is 0 Å². The zero-order valence-corrected chi connectivity index (χ0v) is 14.8. The van der Waals surface area contributed by atoms with Crippen LogP contribution < -0.4 is 5.32 Å². The van der Waals surface area contributed by atoms with Gasteiger partial charge >= 0.3 is 6.09 Å². The van der Waals surface area contributed by atoms with Crippen molar-refractivity contribution in [3.05, 3.63) is 59.7 Å². The van der Waals surface area contributed by atoms with Crippen LogP contribution in [0.4, 0.5) is 10.5 Å². The number of fused-ring (bicyclic) bond motifs is 1. The first-order chi connectivity index (χ1) is 12.0. The number of amides is 1. The maximum atomic E-state index is 12.8. The molecule has 0 spiro atoms. The van der Waals surface area contributed by atoms with Gasteiger partial charge in [-0.3, -0.25) is 5.32 Å². The molecule has 0 fully saturated rings. The lowest BCUT2D eigenvalue weighted by atomic mass is 10.0. The van der Waals surface area contributed by atoms with E-state index in [9.17, 15) is 13.2 Å². The molecule has 25 heavy (non-hydrogen) atoms. The summed E-state index contributed by atoms with van der Waals surface area (Å²) in [5.74, 6) is 0. The van der Waals surface area contributed by atoms with E-state index in [-0.39, 0.29) is 11.5 Å². The summed E-state index contributed by atoms with van der Waals surface area (Å²) in [6.45, 7) is 2.82. The fourth-order valence-corrected chi connectivity index (χ4v) is 4.24. The van der Waals surface area contributed by atoms with Crippen molar-refractivity contribution in [2.45, 2.75) is 24.8 Å². The number of ether oxygens (including phenoxy) is 1. The average Bonchev–Trinajstić information content (AvgIpc) is 2.62. The Balaban J connectivity index is 1.76. The highest BCUT2D eigenvalue weighted by Crippen LogP contribution is 2.25. The van der Waals surface area contributed by atoms with Crippen molar-refractivity contribution >= 4 is 21.8 Å². The quantitative estimate of drug-likeness (QED) is 0.909. The molecular weight excluding hydrogens is 340 g/mol. The first-order valence-corrected chi connectivity index (χ1v) is 9.55. The fraction of sp³-hybridized carbons (Fsp3) is 0.278. The molecule has 0 unspecified atom stereocenters. The predicted molar refractivity (Wildman–Crippen MR) is 94.8 cm³/mol. The zero-order valence-electron chi connectivity index (χ0n) is 13.9. The van der Waals surface area contributed by atoms with E-state index in [0.29, 0.717) is 25.2 Å². The average molecular weight is 360 g/mol. The molecule has 1 aliphatic rings. The van der Waals surface area contributed by atoms with E-state index in [1.54, 1.807) is 19.1 Å². The van der Waals surface area contributed by atoms with Gasteiger partial charge in [-0.05, 0) is 48.7 Å². The summed E-state index contributed by atoms with van der Waals surface area (Å²) in [5.41, 5.74) is 2.72. The molecule has 6 nitrogen and oxygen atoms in total. The zero-order chi connectivity index (χ0) is 17.9. The van der Waals surface area contributed by atoms with Gasteiger partial charge in [-0.15, -0.1) is 0 Å². The summed E-state index contributed by atoms with van der Waals surface area (Å²) in [6, 6.07) is 14.0. The number of sulfonamides is 1. The van der Waals surface area contributed by atoms with Crippen molar-refractivity contribution in [2.75, 3.05) is 18.5 Å². The second kappa shape index (κ2) is 7.25. The Morgan fingerprint density at radius 2 is 1.80 bits per heavy atom. The van der Waals surface area contributed by atoms with Gasteiger partial charge in [-0.2, -0.15) is 4.31 Å². The SMILES string of the molecule is CCOC(=O)Nc1ccc(S(=O)(=O)N2CCc3ccccc3C2)cc1. The van der Waals surface area contributed by atoms with Gasteiger partial charge in [0.2, 0.25) is 10.0 Å². The summed E-state index contributed by atoms with van der Waals surface area (Å²) >= 11 is 0. The molecule has 0 aromatic heterocycles. The third-order valence-electron chi connectivity index (χ3n) is 4.11. The summed E-state index contributed by atoms with van der Waals surface area (Å²) in [6.07, 6.45) is 0.142. The molecule has 0 saturated heterocycles. The highest BCUT2D eigenvalue weighted by atomic mass is 32.2. The molecule has 3 rings (SSSR count). The lowest BCUT2D eigenvalue weighted by Crippen LogP contribution is -2.35. The lowest BCUT2D eigenvalue weighted by molar-refractivity contribution is 0.168. The Bertz CT molecular complexity index is 863. The number of hydrogen-bond acceptors (Lipinski definition) is 4. The van der Waals surface area contributed by atoms with Crippen LogP contribution in [-0.2, 0) is 27.7 Å². The predicted octanol–water partition coefficient (Wildman–Crippen LogP) is 3.00. The summed E-state index contributed by atoms with van der Waals surface area (Å²) < 4.78 is 32.0. The largest absolute Gasteiger partial charge is 0.450 e. The first-order valence-electron chi connectivity index (χ1n) is 8.11. The number of carbonyl (C=O) groups excluding carboxylic acids is 1. The number of hydrogen-bond donors (Lipinski definition) is 1. The van der Waals surface area contributed by atoms with Crippen molar-refractivity contribution in [1.29, 1.82) is 0 Å². The van der Waals surface area contributed by atoms with E-state index in [4.69, 9.17) is 4.74 Å². The van der Waals surface area contributed by atoms with Crippen LogP contribution in [-0.4, -0.2) is 32.0 Å². The Kier molecular flexibility index (Phi) is 5.06. The number of anilines is 1. The second-order valence-electron chi connectivity index (χ2n) is 5.73. The van der Waals surface area contributed by atoms with Gasteiger partial charge in [0.05, 0.1) is 11.5 Å². The summed E-state index contributed by atoms with van der Waals surface area (Å²) in [7, 11) is -3.57. The molecule has 1 heterocycles. The van der Waals surface area contributed by atoms with Crippen LogP contribution in [0, 0.1) is 0 Å². The maximum Gasteiger partial charge on any atom is 0.411 e. The molecule has 0 aliphatic carbocycles. The molecule has 0 bridgehead atoms. The Morgan fingerprint density at radius 1 is 1.12 bits per heavy atom. The van der Waals surface area contributed by atoms with Crippen molar-refractivity contribution in [3.63, 3.8) is 0 Å². The minimum absolute atomic E-state index is 0.210. The highest BCUT2D eigenvalue weighted by Gasteiger charge is 2.28. The molecule has 2 aromatic carbocycles. The van der Waals surface area contributed by atoms with Gasteiger partial charge in [-0.1, -0.05) is 24.3 Å². The van der Waals surface area contributed by atoms with Crippen LogP contribution in [0.2, 0.25) is 0 Å². The molecule has 0 atom stereocenters. The van der Waals surface area contributed by atoms with Gasteiger partial charge in [0.25, 0.3) is 0 Å². The van der Waals surface area contributed by atoms with Crippen molar-refractivity contribution in [2.24, 2.45) is 0 Å². The van der Waals surface area contributed by atoms with Crippen molar-refractivity contribution < 1.29 is 17.9 Å². The number of benzene rings is 2. The molecule has 132 valence electrons. The number of rotatable bonds is 4. The minimum Gasteiger partial charge on any atom is -0.450 e. The molecule has 1 amide bonds. The van der Waals surface area contributed by atoms with Crippen LogP contribution in [0.3, 0.4) is 0 Å². The van der Waals surface area contributed by atoms with Crippen LogP contribution in [0.5, 0.6) is 0 Å². The van der Waals surface area contributed by atoms with E-state index in [1.807, 2.05) is 24.3 Å². The molecule has 1 N–H and O–H groups in total. The van der Waals surface area contributed by atoms with Crippen LogP contribution in [0.1, 0.15) is 18.1 Å². The normalized spacial score (nSPS) is 14.6. The first kappa shape index (κ1) is 17.4. The number of nitrogens with one attached hydrogen (secondary N) is 1. The van der Waals surface area contributed by atoms with E-state index >= 15 is 0 Å². The molecule has 2 aromatic rings. The van der Waals surface area contributed by atoms with Gasteiger partial charge < -0.3 is 4.74 Å². The third kappa shape index (κ3) is 3.83. The fourth-order valence-electron chi connectivity index (χ4n) is 2.82. The molecule has 1 aliphatic heterocycles. The molecule has 7 heteroatoms. The maximum absolute atomic E-state index is 12.8. The van der Waals surface area contributed by atoms with Crippen molar-refractivity contribution in [3.8, 4) is 0 Å². The van der Waals surface area contributed by atoms with E-state index in [1.165, 1.54) is 22.0 Å². The Labute approximate surface area is 147 Å². The van der Waals surface area contributed by atoms with Crippen LogP contribution in [0.15, 0.2) is 53.4 Å². The van der Waals surface area contributed by atoms with Gasteiger partial charge in [-0.25, -0.2) is 13.2 Å². The molecular formula is C18H20N2O4S. The van der Waals surface area contributed by atoms with E-state index in [0.717, 1.165) is 5.56 Å². The van der Waals surface area contributed by atoms with Gasteiger partial charge in [0.15, 0.2) is 0 Å². The molecule has 0 radical (unpaired) electrons. The number of carbonyl (C=O) groups is 1. The number of nitrogens with zero attached hydrogens (tertiary/aromatic N) is 1. The smallest absolute Gasteiger partial charge is 0.411 e. The third-order valence-corrected chi connectivity index (χ3v) is 5.97. The monoisotopic (exact) mass is 360 g/mol. The highest BCUT2D eigenvalue weighted by molar-refractivity contribution is 7.89. The standard InChI is InChI=1S/C18H20N2O4S/c1-2-24-18(21)19-16-7-9-17(10-8-16)25(22,23)20-12-11-14-5-3-4-6-15(14)13-20/h3-10H,2,11-13H2,1H3,(H,19,21). The van der Waals surface area contributed by atoms with Crippen LogP contribution >= 0.6 is 0 Å². The van der Waals surface area contributed by atoms with E-state index in [2.05, 4.69) is 5.32 Å². The second-order valence-corrected chi connectivity index (χ2v) is 7.67. The van der Waals surface area contributed by atoms with E-state index < -0.39 is 16.1 Å². The Morgan fingerprint density at radius 3 is 2.48 bits per heavy atom. The van der Waals surface area contributed by atoms with Crippen molar-refractivity contribution in [1.82, 2.24) is 4.31 Å². The van der Waals surface area contributed by atoms with Gasteiger partial charge in [0, 0.05) is 18.8 Å². The summed E-state index contributed by atoms with van der Waals surface area (Å²) in [5, 5.41) is 2.54. The lowest BCUT2D eigenvalue weighted by Gasteiger charge is -2.28. The van der Waals surface area contributed by atoms with Crippen LogP contribution in [0.25, 0.3) is 0 Å².